The lowest BCUT2D eigenvalue weighted by atomic mass is 10.1. The number of nitrogens with two attached hydrogens (primary N) is 1. The van der Waals surface area contributed by atoms with Gasteiger partial charge in [-0.15, -0.1) is 0 Å². The Morgan fingerprint density at radius 3 is 2.53 bits per heavy atom. The van der Waals surface area contributed by atoms with Crippen molar-refractivity contribution in [3.8, 4) is 0 Å². The standard InChI is InChI=1S/C11H14BrF3N2/c1-17(6-5-11(13,14)15)10-4-2-3-9(12)8(10)7-16/h2-4H,5-7,16H2,1H3. The molecule has 0 saturated carbocycles. The van der Waals surface area contributed by atoms with Gasteiger partial charge in [-0.05, 0) is 12.1 Å². The molecule has 2 nitrogen and oxygen atoms in total. The topological polar surface area (TPSA) is 29.3 Å². The van der Waals surface area contributed by atoms with E-state index in [-0.39, 0.29) is 13.1 Å². The van der Waals surface area contributed by atoms with Crippen molar-refractivity contribution in [1.29, 1.82) is 0 Å². The van der Waals surface area contributed by atoms with Crippen molar-refractivity contribution in [2.24, 2.45) is 5.73 Å². The average molecular weight is 311 g/mol. The molecule has 0 saturated heterocycles. The Hall–Kier alpha value is -0.750. The van der Waals surface area contributed by atoms with Crippen LogP contribution in [-0.4, -0.2) is 19.8 Å². The van der Waals surface area contributed by atoms with Gasteiger partial charge >= 0.3 is 6.18 Å². The molecular weight excluding hydrogens is 297 g/mol. The molecule has 0 bridgehead atoms. The van der Waals surface area contributed by atoms with Crippen LogP contribution in [0.15, 0.2) is 22.7 Å². The summed E-state index contributed by atoms with van der Waals surface area (Å²) in [4.78, 5) is 1.57. The smallest absolute Gasteiger partial charge is 0.374 e. The zero-order valence-electron chi connectivity index (χ0n) is 9.39. The van der Waals surface area contributed by atoms with Gasteiger partial charge in [0, 0.05) is 35.9 Å². The number of rotatable bonds is 4. The van der Waals surface area contributed by atoms with Gasteiger partial charge in [-0.2, -0.15) is 13.2 Å². The maximum Gasteiger partial charge on any atom is 0.390 e. The molecule has 0 aliphatic heterocycles. The molecule has 1 aromatic carbocycles. The highest BCUT2D eigenvalue weighted by molar-refractivity contribution is 9.10. The maximum atomic E-state index is 12.1. The fourth-order valence-corrected chi connectivity index (χ4v) is 2.04. The van der Waals surface area contributed by atoms with E-state index in [1.807, 2.05) is 6.07 Å². The number of hydrogen-bond donors (Lipinski definition) is 1. The van der Waals surface area contributed by atoms with Crippen molar-refractivity contribution in [3.05, 3.63) is 28.2 Å². The largest absolute Gasteiger partial charge is 0.390 e. The van der Waals surface area contributed by atoms with Crippen LogP contribution in [0.2, 0.25) is 0 Å². The normalized spacial score (nSPS) is 11.6. The summed E-state index contributed by atoms with van der Waals surface area (Å²) in [6, 6.07) is 5.37. The van der Waals surface area contributed by atoms with Crippen LogP contribution < -0.4 is 10.6 Å². The monoisotopic (exact) mass is 310 g/mol. The molecule has 0 unspecified atom stereocenters. The summed E-state index contributed by atoms with van der Waals surface area (Å²) < 4.78 is 37.2. The Balaban J connectivity index is 2.82. The molecule has 0 spiro atoms. The Kier molecular flexibility index (Phi) is 4.82. The van der Waals surface area contributed by atoms with Gasteiger partial charge in [0.2, 0.25) is 0 Å². The third-order valence-electron chi connectivity index (χ3n) is 2.44. The van der Waals surface area contributed by atoms with Crippen LogP contribution in [0, 0.1) is 0 Å². The number of benzene rings is 1. The van der Waals surface area contributed by atoms with Crippen molar-refractivity contribution in [2.45, 2.75) is 19.1 Å². The van der Waals surface area contributed by atoms with E-state index in [1.54, 1.807) is 24.1 Å². The highest BCUT2D eigenvalue weighted by Gasteiger charge is 2.27. The van der Waals surface area contributed by atoms with E-state index in [0.717, 1.165) is 15.7 Å². The summed E-state index contributed by atoms with van der Waals surface area (Å²) in [5, 5.41) is 0. The van der Waals surface area contributed by atoms with Crippen LogP contribution in [0.4, 0.5) is 18.9 Å². The fourth-order valence-electron chi connectivity index (χ4n) is 1.52. The molecule has 0 fully saturated rings. The van der Waals surface area contributed by atoms with Gasteiger partial charge in [-0.3, -0.25) is 0 Å². The van der Waals surface area contributed by atoms with E-state index in [9.17, 15) is 13.2 Å². The van der Waals surface area contributed by atoms with E-state index < -0.39 is 12.6 Å². The lowest BCUT2D eigenvalue weighted by molar-refractivity contribution is -0.132. The summed E-state index contributed by atoms with van der Waals surface area (Å²) >= 11 is 3.34. The van der Waals surface area contributed by atoms with E-state index in [2.05, 4.69) is 15.9 Å². The van der Waals surface area contributed by atoms with Crippen LogP contribution in [0.5, 0.6) is 0 Å². The van der Waals surface area contributed by atoms with Crippen molar-refractivity contribution in [3.63, 3.8) is 0 Å². The molecular formula is C11H14BrF3N2. The molecule has 0 heterocycles. The molecule has 0 aliphatic rings. The van der Waals surface area contributed by atoms with Gasteiger partial charge in [-0.25, -0.2) is 0 Å². The van der Waals surface area contributed by atoms with Gasteiger partial charge in [-0.1, -0.05) is 22.0 Å². The van der Waals surface area contributed by atoms with Crippen LogP contribution in [0.1, 0.15) is 12.0 Å². The first kappa shape index (κ1) is 14.3. The lowest BCUT2D eigenvalue weighted by Crippen LogP contribution is -2.25. The Labute approximate surface area is 107 Å². The molecule has 17 heavy (non-hydrogen) atoms. The molecule has 0 atom stereocenters. The second-order valence-corrected chi connectivity index (χ2v) is 4.58. The first-order valence-electron chi connectivity index (χ1n) is 5.10. The molecule has 0 radical (unpaired) electrons. The predicted molar refractivity (Wildman–Crippen MR) is 66.0 cm³/mol. The third-order valence-corrected chi connectivity index (χ3v) is 3.18. The molecule has 2 N–H and O–H groups in total. The van der Waals surface area contributed by atoms with Gasteiger partial charge in [0.25, 0.3) is 0 Å². The first-order valence-corrected chi connectivity index (χ1v) is 5.90. The number of hydrogen-bond acceptors (Lipinski definition) is 2. The summed E-state index contributed by atoms with van der Waals surface area (Å²) in [5.74, 6) is 0. The van der Waals surface area contributed by atoms with Crippen LogP contribution >= 0.6 is 15.9 Å². The molecule has 6 heteroatoms. The fraction of sp³-hybridized carbons (Fsp3) is 0.455. The van der Waals surface area contributed by atoms with Crippen LogP contribution in [0.25, 0.3) is 0 Å². The minimum atomic E-state index is -4.14. The zero-order chi connectivity index (χ0) is 13.1. The number of nitrogens with zero attached hydrogens (tertiary/aromatic N) is 1. The quantitative estimate of drug-likeness (QED) is 0.924. The van der Waals surface area contributed by atoms with Crippen LogP contribution in [0.3, 0.4) is 0 Å². The average Bonchev–Trinajstić information content (AvgIpc) is 2.24. The first-order chi connectivity index (χ1) is 7.85. The van der Waals surface area contributed by atoms with Gasteiger partial charge in [0.15, 0.2) is 0 Å². The van der Waals surface area contributed by atoms with Crippen LogP contribution in [-0.2, 0) is 6.54 Å². The number of anilines is 1. The van der Waals surface area contributed by atoms with E-state index >= 15 is 0 Å². The molecule has 1 rings (SSSR count). The third kappa shape index (κ3) is 4.20. The lowest BCUT2D eigenvalue weighted by Gasteiger charge is -2.23. The zero-order valence-corrected chi connectivity index (χ0v) is 11.0. The highest BCUT2D eigenvalue weighted by Crippen LogP contribution is 2.28. The molecule has 96 valence electrons. The van der Waals surface area contributed by atoms with E-state index in [0.29, 0.717) is 0 Å². The van der Waals surface area contributed by atoms with E-state index in [4.69, 9.17) is 5.73 Å². The summed E-state index contributed by atoms with van der Waals surface area (Å²) in [6.07, 6.45) is -4.97. The Morgan fingerprint density at radius 1 is 1.35 bits per heavy atom. The van der Waals surface area contributed by atoms with Crippen molar-refractivity contribution < 1.29 is 13.2 Å². The summed E-state index contributed by atoms with van der Waals surface area (Å²) in [5.41, 5.74) is 7.14. The van der Waals surface area contributed by atoms with Gasteiger partial charge in [0.05, 0.1) is 6.42 Å². The van der Waals surface area contributed by atoms with Crippen molar-refractivity contribution >= 4 is 21.6 Å². The summed E-state index contributed by atoms with van der Waals surface area (Å²) in [7, 11) is 1.63. The minimum absolute atomic E-state index is 0.0764. The van der Waals surface area contributed by atoms with Crippen molar-refractivity contribution in [2.75, 3.05) is 18.5 Å². The highest BCUT2D eigenvalue weighted by atomic mass is 79.9. The van der Waals surface area contributed by atoms with Gasteiger partial charge in [0.1, 0.15) is 0 Å². The summed E-state index contributed by atoms with van der Waals surface area (Å²) in [6.45, 7) is 0.208. The second kappa shape index (κ2) is 5.73. The SMILES string of the molecule is CN(CCC(F)(F)F)c1cccc(Br)c1CN. The van der Waals surface area contributed by atoms with Crippen molar-refractivity contribution in [1.82, 2.24) is 0 Å². The van der Waals surface area contributed by atoms with Gasteiger partial charge < -0.3 is 10.6 Å². The molecule has 0 aliphatic carbocycles. The second-order valence-electron chi connectivity index (χ2n) is 3.73. The number of halogens is 4. The number of alkyl halides is 3. The minimum Gasteiger partial charge on any atom is -0.374 e. The predicted octanol–water partition coefficient (Wildman–Crippen LogP) is 3.30. The molecule has 0 amide bonds. The van der Waals surface area contributed by atoms with E-state index in [1.165, 1.54) is 0 Å². The Bertz CT molecular complexity index is 379. The molecule has 1 aromatic rings. The Morgan fingerprint density at radius 2 is 2.00 bits per heavy atom. The molecule has 0 aromatic heterocycles. The maximum absolute atomic E-state index is 12.1.